The molecule has 1 aliphatic rings. The van der Waals surface area contributed by atoms with Crippen LogP contribution in [0.25, 0.3) is 0 Å². The van der Waals surface area contributed by atoms with Crippen LogP contribution >= 0.6 is 0 Å². The van der Waals surface area contributed by atoms with Gasteiger partial charge in [-0.1, -0.05) is 6.07 Å². The number of hydrogen-bond donors (Lipinski definition) is 2. The van der Waals surface area contributed by atoms with Crippen LogP contribution in [0.2, 0.25) is 0 Å². The van der Waals surface area contributed by atoms with Crippen molar-refractivity contribution in [3.63, 3.8) is 0 Å². The van der Waals surface area contributed by atoms with Crippen LogP contribution in [-0.4, -0.2) is 31.8 Å². The SMILES string of the molecule is CCOC(=O)c1cccc(N)c1NC(C)C1CCOCC1. The van der Waals surface area contributed by atoms with Crippen LogP contribution in [0.5, 0.6) is 0 Å². The molecule has 5 heteroatoms. The standard InChI is InChI=1S/C16H24N2O3/c1-3-21-16(19)13-5-4-6-14(17)15(13)18-11(2)12-7-9-20-10-8-12/h4-6,11-12,18H,3,7-10,17H2,1-2H3. The van der Waals surface area contributed by atoms with Gasteiger partial charge in [0.25, 0.3) is 0 Å². The van der Waals surface area contributed by atoms with Crippen molar-refractivity contribution in [1.82, 2.24) is 0 Å². The first-order chi connectivity index (χ1) is 10.1. The monoisotopic (exact) mass is 292 g/mol. The molecule has 1 fully saturated rings. The van der Waals surface area contributed by atoms with Gasteiger partial charge in [0.1, 0.15) is 0 Å². The summed E-state index contributed by atoms with van der Waals surface area (Å²) in [5.41, 5.74) is 7.78. The topological polar surface area (TPSA) is 73.6 Å². The van der Waals surface area contributed by atoms with Gasteiger partial charge in [0.05, 0.1) is 23.5 Å². The highest BCUT2D eigenvalue weighted by molar-refractivity contribution is 5.98. The van der Waals surface area contributed by atoms with Crippen molar-refractivity contribution in [2.75, 3.05) is 30.9 Å². The van der Waals surface area contributed by atoms with Gasteiger partial charge < -0.3 is 20.5 Å². The van der Waals surface area contributed by atoms with Crippen LogP contribution in [0.4, 0.5) is 11.4 Å². The molecule has 1 heterocycles. The minimum atomic E-state index is -0.341. The second kappa shape index (κ2) is 7.31. The summed E-state index contributed by atoms with van der Waals surface area (Å²) in [7, 11) is 0. The van der Waals surface area contributed by atoms with Crippen molar-refractivity contribution >= 4 is 17.3 Å². The number of carbonyl (C=O) groups excluding carboxylic acids is 1. The fourth-order valence-corrected chi connectivity index (χ4v) is 2.67. The van der Waals surface area contributed by atoms with Crippen molar-refractivity contribution in [3.8, 4) is 0 Å². The Bertz CT molecular complexity index is 484. The van der Waals surface area contributed by atoms with E-state index in [4.69, 9.17) is 15.2 Å². The second-order valence-corrected chi connectivity index (χ2v) is 5.37. The van der Waals surface area contributed by atoms with E-state index in [0.29, 0.717) is 29.5 Å². The predicted molar refractivity (Wildman–Crippen MR) is 83.4 cm³/mol. The minimum absolute atomic E-state index is 0.228. The third-order valence-electron chi connectivity index (χ3n) is 3.94. The third kappa shape index (κ3) is 3.88. The van der Waals surface area contributed by atoms with Gasteiger partial charge in [0.15, 0.2) is 0 Å². The number of rotatable bonds is 5. The highest BCUT2D eigenvalue weighted by atomic mass is 16.5. The Morgan fingerprint density at radius 1 is 1.48 bits per heavy atom. The first-order valence-electron chi connectivity index (χ1n) is 7.53. The molecule has 0 spiro atoms. The van der Waals surface area contributed by atoms with Crippen LogP contribution in [0.3, 0.4) is 0 Å². The molecule has 1 aromatic carbocycles. The van der Waals surface area contributed by atoms with Crippen LogP contribution in [0, 0.1) is 5.92 Å². The Kier molecular flexibility index (Phi) is 5.44. The van der Waals surface area contributed by atoms with Gasteiger partial charge >= 0.3 is 5.97 Å². The van der Waals surface area contributed by atoms with E-state index in [9.17, 15) is 4.79 Å². The summed E-state index contributed by atoms with van der Waals surface area (Å²) in [4.78, 5) is 12.0. The number of benzene rings is 1. The number of ether oxygens (including phenoxy) is 2. The second-order valence-electron chi connectivity index (χ2n) is 5.37. The number of anilines is 2. The summed E-state index contributed by atoms with van der Waals surface area (Å²) in [5, 5.41) is 3.41. The maximum atomic E-state index is 12.0. The van der Waals surface area contributed by atoms with E-state index in [2.05, 4.69) is 12.2 Å². The van der Waals surface area contributed by atoms with Gasteiger partial charge in [0, 0.05) is 19.3 Å². The first kappa shape index (κ1) is 15.6. The molecule has 0 aliphatic carbocycles. The van der Waals surface area contributed by atoms with Crippen molar-refractivity contribution in [3.05, 3.63) is 23.8 Å². The molecule has 1 aliphatic heterocycles. The molecule has 0 bridgehead atoms. The summed E-state index contributed by atoms with van der Waals surface area (Å²) < 4.78 is 10.5. The predicted octanol–water partition coefficient (Wildman–Crippen LogP) is 2.67. The number of nitrogens with one attached hydrogen (secondary N) is 1. The Morgan fingerprint density at radius 3 is 2.86 bits per heavy atom. The smallest absolute Gasteiger partial charge is 0.340 e. The quantitative estimate of drug-likeness (QED) is 0.645. The van der Waals surface area contributed by atoms with Crippen molar-refractivity contribution in [1.29, 1.82) is 0 Å². The number of para-hydroxylation sites is 1. The summed E-state index contributed by atoms with van der Waals surface area (Å²) in [6.07, 6.45) is 2.05. The normalized spacial score (nSPS) is 17.2. The first-order valence-corrected chi connectivity index (χ1v) is 7.53. The molecule has 0 saturated carbocycles. The summed E-state index contributed by atoms with van der Waals surface area (Å²) in [6, 6.07) is 5.54. The third-order valence-corrected chi connectivity index (χ3v) is 3.94. The number of esters is 1. The van der Waals surface area contributed by atoms with E-state index in [-0.39, 0.29) is 12.0 Å². The molecule has 5 nitrogen and oxygen atoms in total. The van der Waals surface area contributed by atoms with Gasteiger partial charge in [-0.25, -0.2) is 4.79 Å². The van der Waals surface area contributed by atoms with E-state index in [0.717, 1.165) is 26.1 Å². The molecule has 0 aromatic heterocycles. The minimum Gasteiger partial charge on any atom is -0.462 e. The highest BCUT2D eigenvalue weighted by Crippen LogP contribution is 2.28. The zero-order chi connectivity index (χ0) is 15.2. The van der Waals surface area contributed by atoms with Crippen molar-refractivity contribution in [2.24, 2.45) is 5.92 Å². The van der Waals surface area contributed by atoms with Crippen LogP contribution in [0.15, 0.2) is 18.2 Å². The Labute approximate surface area is 125 Å². The van der Waals surface area contributed by atoms with Gasteiger partial charge in [-0.15, -0.1) is 0 Å². The van der Waals surface area contributed by atoms with Gasteiger partial charge in [-0.2, -0.15) is 0 Å². The van der Waals surface area contributed by atoms with E-state index < -0.39 is 0 Å². The highest BCUT2D eigenvalue weighted by Gasteiger charge is 2.23. The van der Waals surface area contributed by atoms with Gasteiger partial charge in [-0.3, -0.25) is 0 Å². The lowest BCUT2D eigenvalue weighted by atomic mass is 9.92. The Hall–Kier alpha value is -1.75. The summed E-state index contributed by atoms with van der Waals surface area (Å²) in [5.74, 6) is 0.180. The van der Waals surface area contributed by atoms with E-state index in [1.54, 1.807) is 25.1 Å². The molecule has 1 unspecified atom stereocenters. The summed E-state index contributed by atoms with van der Waals surface area (Å²) in [6.45, 7) is 5.86. The maximum Gasteiger partial charge on any atom is 0.340 e. The molecule has 0 amide bonds. The van der Waals surface area contributed by atoms with Crippen LogP contribution < -0.4 is 11.1 Å². The van der Waals surface area contributed by atoms with E-state index >= 15 is 0 Å². The summed E-state index contributed by atoms with van der Waals surface area (Å²) >= 11 is 0. The van der Waals surface area contributed by atoms with Gasteiger partial charge in [-0.05, 0) is 44.7 Å². The molecular weight excluding hydrogens is 268 g/mol. The fourth-order valence-electron chi connectivity index (χ4n) is 2.67. The fraction of sp³-hybridized carbons (Fsp3) is 0.562. The van der Waals surface area contributed by atoms with E-state index in [1.165, 1.54) is 0 Å². The van der Waals surface area contributed by atoms with Crippen molar-refractivity contribution < 1.29 is 14.3 Å². The zero-order valence-electron chi connectivity index (χ0n) is 12.7. The average molecular weight is 292 g/mol. The van der Waals surface area contributed by atoms with Crippen molar-refractivity contribution in [2.45, 2.75) is 32.7 Å². The number of carbonyl (C=O) groups is 1. The number of nitrogens with two attached hydrogens (primary N) is 1. The number of hydrogen-bond acceptors (Lipinski definition) is 5. The molecule has 1 saturated heterocycles. The molecule has 0 radical (unpaired) electrons. The van der Waals surface area contributed by atoms with E-state index in [1.807, 2.05) is 0 Å². The molecule has 116 valence electrons. The molecular formula is C16H24N2O3. The zero-order valence-corrected chi connectivity index (χ0v) is 12.7. The number of nitrogen functional groups attached to an aromatic ring is 1. The lowest BCUT2D eigenvalue weighted by Gasteiger charge is -2.30. The molecule has 3 N–H and O–H groups in total. The Morgan fingerprint density at radius 2 is 2.19 bits per heavy atom. The van der Waals surface area contributed by atoms with Crippen LogP contribution in [0.1, 0.15) is 37.0 Å². The van der Waals surface area contributed by atoms with Gasteiger partial charge in [0.2, 0.25) is 0 Å². The molecule has 21 heavy (non-hydrogen) atoms. The molecule has 2 rings (SSSR count). The molecule has 1 atom stereocenters. The Balaban J connectivity index is 2.15. The largest absolute Gasteiger partial charge is 0.462 e. The average Bonchev–Trinajstić information content (AvgIpc) is 2.50. The lowest BCUT2D eigenvalue weighted by Crippen LogP contribution is -2.31. The maximum absolute atomic E-state index is 12.0. The van der Waals surface area contributed by atoms with Crippen LogP contribution in [-0.2, 0) is 9.47 Å². The molecule has 1 aromatic rings. The lowest BCUT2D eigenvalue weighted by molar-refractivity contribution is 0.0526.